The maximum absolute atomic E-state index is 10.7. The van der Waals surface area contributed by atoms with Crippen molar-refractivity contribution in [2.24, 2.45) is 0 Å². The Morgan fingerprint density at radius 3 is 2.79 bits per heavy atom. The Balaban J connectivity index is 2.82. The first-order chi connectivity index (χ1) is 6.63. The van der Waals surface area contributed by atoms with Crippen LogP contribution in [-0.2, 0) is 4.79 Å². The molecule has 0 spiro atoms. The van der Waals surface area contributed by atoms with Crippen molar-refractivity contribution in [1.82, 2.24) is 5.43 Å². The van der Waals surface area contributed by atoms with Gasteiger partial charge in [-0.1, -0.05) is 0 Å². The Morgan fingerprint density at radius 1 is 1.50 bits per heavy atom. The molecule has 0 fully saturated rings. The number of amides is 1. The lowest BCUT2D eigenvalue weighted by molar-refractivity contribution is -0.118. The number of nitrogens with one attached hydrogen (secondary N) is 2. The largest absolute Gasteiger partial charge is 0.495 e. The van der Waals surface area contributed by atoms with Crippen molar-refractivity contribution in [3.05, 3.63) is 18.2 Å². The Bertz CT molecular complexity index is 339. The smallest absolute Gasteiger partial charge is 0.235 e. The number of nitrogens with two attached hydrogens (primary N) is 1. The van der Waals surface area contributed by atoms with Crippen LogP contribution >= 0.6 is 0 Å². The number of ether oxygens (including phenoxy) is 1. The van der Waals surface area contributed by atoms with Crippen LogP contribution in [0.1, 0.15) is 6.92 Å². The molecule has 0 aromatic heterocycles. The third kappa shape index (κ3) is 2.55. The molecule has 14 heavy (non-hydrogen) atoms. The number of nitrogen functional groups attached to an aromatic ring is 1. The normalized spacial score (nSPS) is 9.29. The van der Waals surface area contributed by atoms with E-state index >= 15 is 0 Å². The molecular weight excluding hydrogens is 182 g/mol. The van der Waals surface area contributed by atoms with Crippen LogP contribution in [-0.4, -0.2) is 13.0 Å². The number of rotatable bonds is 3. The summed E-state index contributed by atoms with van der Waals surface area (Å²) in [7, 11) is 1.55. The molecule has 0 aliphatic rings. The zero-order chi connectivity index (χ0) is 10.6. The number of hydrogen-bond donors (Lipinski definition) is 3. The van der Waals surface area contributed by atoms with E-state index in [1.54, 1.807) is 25.3 Å². The van der Waals surface area contributed by atoms with Gasteiger partial charge in [-0.3, -0.25) is 15.6 Å². The van der Waals surface area contributed by atoms with Gasteiger partial charge in [-0.25, -0.2) is 0 Å². The topological polar surface area (TPSA) is 76.4 Å². The lowest BCUT2D eigenvalue weighted by Gasteiger charge is -2.11. The van der Waals surface area contributed by atoms with Crippen LogP contribution in [0.3, 0.4) is 0 Å². The van der Waals surface area contributed by atoms with Crippen LogP contribution in [0.5, 0.6) is 5.75 Å². The standard InChI is InChI=1S/C9H13N3O2/c1-6(13)11-12-8-5-7(10)3-4-9(8)14-2/h3-5,12H,10H2,1-2H3,(H,11,13). The highest BCUT2D eigenvalue weighted by Crippen LogP contribution is 2.25. The number of carbonyl (C=O) groups excluding carboxylic acids is 1. The van der Waals surface area contributed by atoms with Gasteiger partial charge in [0.15, 0.2) is 0 Å². The predicted molar refractivity (Wildman–Crippen MR) is 54.8 cm³/mol. The Labute approximate surface area is 82.2 Å². The van der Waals surface area contributed by atoms with E-state index < -0.39 is 0 Å². The summed E-state index contributed by atoms with van der Waals surface area (Å²) in [4.78, 5) is 10.7. The van der Waals surface area contributed by atoms with Crippen molar-refractivity contribution < 1.29 is 9.53 Å². The maximum atomic E-state index is 10.7. The molecule has 1 amide bonds. The molecule has 4 N–H and O–H groups in total. The molecule has 0 bridgehead atoms. The monoisotopic (exact) mass is 195 g/mol. The van der Waals surface area contributed by atoms with Gasteiger partial charge < -0.3 is 10.5 Å². The average Bonchev–Trinajstić information content (AvgIpc) is 2.15. The lowest BCUT2D eigenvalue weighted by atomic mass is 10.2. The molecule has 1 aromatic rings. The summed E-state index contributed by atoms with van der Waals surface area (Å²) >= 11 is 0. The zero-order valence-electron chi connectivity index (χ0n) is 8.13. The second-order valence-corrected chi connectivity index (χ2v) is 2.77. The Morgan fingerprint density at radius 2 is 2.21 bits per heavy atom. The molecule has 1 rings (SSSR count). The van der Waals surface area contributed by atoms with E-state index in [4.69, 9.17) is 10.5 Å². The molecular formula is C9H13N3O2. The van der Waals surface area contributed by atoms with Crippen LogP contribution in [0.15, 0.2) is 18.2 Å². The molecule has 0 heterocycles. The van der Waals surface area contributed by atoms with E-state index in [9.17, 15) is 4.79 Å². The van der Waals surface area contributed by atoms with Crippen LogP contribution in [0.4, 0.5) is 11.4 Å². The molecule has 0 radical (unpaired) electrons. The van der Waals surface area contributed by atoms with Crippen molar-refractivity contribution in [3.8, 4) is 5.75 Å². The molecule has 0 saturated heterocycles. The van der Waals surface area contributed by atoms with Crippen LogP contribution in [0.2, 0.25) is 0 Å². The van der Waals surface area contributed by atoms with E-state index in [-0.39, 0.29) is 5.91 Å². The summed E-state index contributed by atoms with van der Waals surface area (Å²) in [5, 5.41) is 0. The average molecular weight is 195 g/mol. The fourth-order valence-corrected chi connectivity index (χ4v) is 0.979. The third-order valence-corrected chi connectivity index (χ3v) is 1.60. The quantitative estimate of drug-likeness (QED) is 0.491. The Hall–Kier alpha value is -1.91. The highest BCUT2D eigenvalue weighted by atomic mass is 16.5. The fourth-order valence-electron chi connectivity index (χ4n) is 0.979. The van der Waals surface area contributed by atoms with E-state index in [0.29, 0.717) is 17.1 Å². The molecule has 0 aliphatic heterocycles. The maximum Gasteiger partial charge on any atom is 0.235 e. The number of hydrogen-bond acceptors (Lipinski definition) is 4. The van der Waals surface area contributed by atoms with Crippen molar-refractivity contribution in [2.75, 3.05) is 18.3 Å². The predicted octanol–water partition coefficient (Wildman–Crippen LogP) is 0.740. The number of methoxy groups -OCH3 is 1. The number of anilines is 2. The minimum absolute atomic E-state index is 0.186. The van der Waals surface area contributed by atoms with Crippen LogP contribution in [0, 0.1) is 0 Å². The van der Waals surface area contributed by atoms with Gasteiger partial charge in [0.25, 0.3) is 0 Å². The molecule has 5 nitrogen and oxygen atoms in total. The number of hydrazine groups is 1. The first-order valence-electron chi connectivity index (χ1n) is 4.09. The summed E-state index contributed by atoms with van der Waals surface area (Å²) in [6.45, 7) is 1.41. The zero-order valence-corrected chi connectivity index (χ0v) is 8.13. The third-order valence-electron chi connectivity index (χ3n) is 1.60. The molecule has 76 valence electrons. The molecule has 0 aliphatic carbocycles. The van der Waals surface area contributed by atoms with Crippen molar-refractivity contribution >= 4 is 17.3 Å². The van der Waals surface area contributed by atoms with Gasteiger partial charge in [0.1, 0.15) is 5.75 Å². The first-order valence-corrected chi connectivity index (χ1v) is 4.09. The first kappa shape index (κ1) is 10.2. The minimum atomic E-state index is -0.186. The second kappa shape index (κ2) is 4.36. The van der Waals surface area contributed by atoms with E-state index in [0.717, 1.165) is 0 Å². The summed E-state index contributed by atoms with van der Waals surface area (Å²) in [5.41, 5.74) is 11.9. The molecule has 0 saturated carbocycles. The summed E-state index contributed by atoms with van der Waals surface area (Å²) in [6, 6.07) is 5.12. The van der Waals surface area contributed by atoms with Gasteiger partial charge >= 0.3 is 0 Å². The van der Waals surface area contributed by atoms with E-state index in [2.05, 4.69) is 10.9 Å². The second-order valence-electron chi connectivity index (χ2n) is 2.77. The lowest BCUT2D eigenvalue weighted by Crippen LogP contribution is -2.26. The van der Waals surface area contributed by atoms with Gasteiger partial charge in [0.05, 0.1) is 12.8 Å². The van der Waals surface area contributed by atoms with Gasteiger partial charge in [-0.15, -0.1) is 0 Å². The van der Waals surface area contributed by atoms with Gasteiger partial charge in [0, 0.05) is 12.6 Å². The minimum Gasteiger partial charge on any atom is -0.495 e. The SMILES string of the molecule is COc1ccc(N)cc1NNC(C)=O. The van der Waals surface area contributed by atoms with Gasteiger partial charge in [-0.05, 0) is 18.2 Å². The molecule has 0 unspecified atom stereocenters. The van der Waals surface area contributed by atoms with Gasteiger partial charge in [0.2, 0.25) is 5.91 Å². The van der Waals surface area contributed by atoms with E-state index in [1.165, 1.54) is 6.92 Å². The van der Waals surface area contributed by atoms with Gasteiger partial charge in [-0.2, -0.15) is 0 Å². The Kier molecular flexibility index (Phi) is 3.17. The molecule has 0 atom stereocenters. The highest BCUT2D eigenvalue weighted by molar-refractivity contribution is 5.75. The van der Waals surface area contributed by atoms with Crippen molar-refractivity contribution in [1.29, 1.82) is 0 Å². The van der Waals surface area contributed by atoms with Crippen LogP contribution in [0.25, 0.3) is 0 Å². The number of carbonyl (C=O) groups is 1. The molecule has 1 aromatic carbocycles. The van der Waals surface area contributed by atoms with Crippen molar-refractivity contribution in [2.45, 2.75) is 6.92 Å². The summed E-state index contributed by atoms with van der Waals surface area (Å²) in [6.07, 6.45) is 0. The van der Waals surface area contributed by atoms with Crippen molar-refractivity contribution in [3.63, 3.8) is 0 Å². The summed E-state index contributed by atoms with van der Waals surface area (Å²) in [5.74, 6) is 0.433. The molecule has 5 heteroatoms. The van der Waals surface area contributed by atoms with Crippen LogP contribution < -0.4 is 21.3 Å². The highest BCUT2D eigenvalue weighted by Gasteiger charge is 2.02. The summed E-state index contributed by atoms with van der Waals surface area (Å²) < 4.78 is 5.06. The number of benzene rings is 1. The fraction of sp³-hybridized carbons (Fsp3) is 0.222. The van der Waals surface area contributed by atoms with E-state index in [1.807, 2.05) is 0 Å².